The summed E-state index contributed by atoms with van der Waals surface area (Å²) in [4.78, 5) is 0. The van der Waals surface area contributed by atoms with Crippen molar-refractivity contribution in [3.05, 3.63) is 131 Å². The van der Waals surface area contributed by atoms with Gasteiger partial charge < -0.3 is 29.9 Å². The summed E-state index contributed by atoms with van der Waals surface area (Å²) in [5.41, 5.74) is 3.13. The number of hydrogen-bond donors (Lipinski definition) is 4. The van der Waals surface area contributed by atoms with E-state index in [-0.39, 0.29) is 39.5 Å². The smallest absolute Gasteiger partial charge is 0.283 e. The molecule has 11 heteroatoms. The van der Waals surface area contributed by atoms with Gasteiger partial charge in [-0.2, -0.15) is 17.0 Å². The van der Waals surface area contributed by atoms with Crippen molar-refractivity contribution in [1.29, 1.82) is 0 Å². The lowest BCUT2D eigenvalue weighted by atomic mass is 9.98. The van der Waals surface area contributed by atoms with Gasteiger partial charge in [0.2, 0.25) is 0 Å². The van der Waals surface area contributed by atoms with Gasteiger partial charge in [0.25, 0.3) is 10.2 Å². The minimum Gasteiger partial charge on any atom is -0.492 e. The van der Waals surface area contributed by atoms with Crippen LogP contribution in [0.15, 0.2) is 109 Å². The molecule has 5 rings (SSSR count). The second kappa shape index (κ2) is 16.3. The molecule has 250 valence electrons. The highest BCUT2D eigenvalue weighted by Crippen LogP contribution is 2.31. The maximum Gasteiger partial charge on any atom is 0.283 e. The fourth-order valence-electron chi connectivity index (χ4n) is 5.67. The molecule has 4 aromatic carbocycles. The quantitative estimate of drug-likeness (QED) is 0.162. The summed E-state index contributed by atoms with van der Waals surface area (Å²) in [5, 5.41) is 42.2. The van der Waals surface area contributed by atoms with E-state index in [9.17, 15) is 28.8 Å². The van der Waals surface area contributed by atoms with Gasteiger partial charge in [0.05, 0.1) is 12.1 Å². The Kier molecular flexibility index (Phi) is 12.0. The Morgan fingerprint density at radius 2 is 0.872 bits per heavy atom. The molecule has 0 spiro atoms. The van der Waals surface area contributed by atoms with Crippen LogP contribution in [-0.2, 0) is 36.1 Å². The van der Waals surface area contributed by atoms with Crippen LogP contribution < -0.4 is 9.47 Å². The van der Waals surface area contributed by atoms with E-state index in [2.05, 4.69) is 0 Å². The zero-order valence-corrected chi connectivity index (χ0v) is 26.9. The Balaban J connectivity index is 1.55. The van der Waals surface area contributed by atoms with Gasteiger partial charge >= 0.3 is 0 Å². The molecule has 0 radical (unpaired) electrons. The monoisotopic (exact) mass is 662 g/mol. The first-order valence-electron chi connectivity index (χ1n) is 15.7. The van der Waals surface area contributed by atoms with E-state index in [1.807, 2.05) is 36.4 Å². The molecular weight excluding hydrogens is 620 g/mol. The number of aliphatic hydroxyl groups excluding tert-OH is 4. The molecule has 1 aliphatic heterocycles. The van der Waals surface area contributed by atoms with Gasteiger partial charge in [0.15, 0.2) is 0 Å². The number of benzene rings is 4. The van der Waals surface area contributed by atoms with E-state index in [0.29, 0.717) is 35.5 Å². The van der Waals surface area contributed by atoms with E-state index in [1.165, 1.54) is 8.61 Å². The molecule has 10 nitrogen and oxygen atoms in total. The number of rotatable bonds is 14. The van der Waals surface area contributed by atoms with Crippen LogP contribution in [0, 0.1) is 0 Å². The molecule has 0 aliphatic carbocycles. The molecule has 0 bridgehead atoms. The minimum absolute atomic E-state index is 0.00872. The number of nitrogens with zero attached hydrogens (tertiary/aromatic N) is 2. The summed E-state index contributed by atoms with van der Waals surface area (Å²) in [6.45, 7) is -0.671. The largest absolute Gasteiger partial charge is 0.492 e. The highest BCUT2D eigenvalue weighted by atomic mass is 32.2. The van der Waals surface area contributed by atoms with E-state index < -0.39 is 34.5 Å². The predicted octanol–water partition coefficient (Wildman–Crippen LogP) is 2.94. The van der Waals surface area contributed by atoms with Crippen molar-refractivity contribution in [2.45, 2.75) is 50.2 Å². The Hall–Kier alpha value is -3.81. The lowest BCUT2D eigenvalue weighted by Gasteiger charge is -2.34. The zero-order chi connectivity index (χ0) is 33.2. The van der Waals surface area contributed by atoms with Crippen LogP contribution in [0.3, 0.4) is 0 Å². The van der Waals surface area contributed by atoms with Gasteiger partial charge in [0, 0.05) is 26.3 Å². The SMILES string of the molecule is O=S1(=O)N(Cc2ccc(CCO)cc2)C(COc2ccccc2)C(O)C(O)C(COc2ccccc2)N1Cc1ccc(CCO)cc1. The van der Waals surface area contributed by atoms with Crippen LogP contribution in [-0.4, -0.2) is 88.2 Å². The first-order valence-corrected chi connectivity index (χ1v) is 17.1. The maximum atomic E-state index is 14.9. The van der Waals surface area contributed by atoms with E-state index >= 15 is 0 Å². The summed E-state index contributed by atoms with van der Waals surface area (Å²) < 4.78 is 44.2. The van der Waals surface area contributed by atoms with Gasteiger partial charge in [-0.3, -0.25) is 0 Å². The summed E-state index contributed by atoms with van der Waals surface area (Å²) >= 11 is 0. The molecule has 0 saturated carbocycles. The molecule has 1 fully saturated rings. The van der Waals surface area contributed by atoms with Crippen LogP contribution in [0.2, 0.25) is 0 Å². The fourth-order valence-corrected chi connectivity index (χ4v) is 7.62. The number of ether oxygens (including phenoxy) is 2. The van der Waals surface area contributed by atoms with Crippen LogP contribution in [0.4, 0.5) is 0 Å². The van der Waals surface area contributed by atoms with Crippen molar-refractivity contribution in [3.8, 4) is 11.5 Å². The lowest BCUT2D eigenvalue weighted by Crippen LogP contribution is -2.52. The maximum absolute atomic E-state index is 14.9. The topological polar surface area (TPSA) is 140 Å². The van der Waals surface area contributed by atoms with Crippen molar-refractivity contribution in [2.24, 2.45) is 0 Å². The summed E-state index contributed by atoms with van der Waals surface area (Å²) in [7, 11) is -4.40. The molecule has 4 N–H and O–H groups in total. The van der Waals surface area contributed by atoms with Crippen LogP contribution in [0.25, 0.3) is 0 Å². The van der Waals surface area contributed by atoms with Crippen molar-refractivity contribution < 1.29 is 38.3 Å². The number of para-hydroxylation sites is 2. The van der Waals surface area contributed by atoms with Crippen LogP contribution >= 0.6 is 0 Å². The van der Waals surface area contributed by atoms with Crippen molar-refractivity contribution in [1.82, 2.24) is 8.61 Å². The van der Waals surface area contributed by atoms with Gasteiger partial charge in [-0.15, -0.1) is 0 Å². The number of hydrogen-bond acceptors (Lipinski definition) is 8. The van der Waals surface area contributed by atoms with Gasteiger partial charge in [0.1, 0.15) is 36.9 Å². The average Bonchev–Trinajstić information content (AvgIpc) is 3.14. The molecule has 47 heavy (non-hydrogen) atoms. The van der Waals surface area contributed by atoms with Crippen molar-refractivity contribution in [2.75, 3.05) is 26.4 Å². The van der Waals surface area contributed by atoms with Gasteiger partial charge in [-0.05, 0) is 59.4 Å². The predicted molar refractivity (Wildman–Crippen MR) is 178 cm³/mol. The van der Waals surface area contributed by atoms with Gasteiger partial charge in [-0.25, -0.2) is 0 Å². The van der Waals surface area contributed by atoms with Crippen molar-refractivity contribution in [3.63, 3.8) is 0 Å². The molecule has 1 heterocycles. The standard InChI is InChI=1S/C36H42N2O8S/c39-21-19-27-11-15-29(16-12-27)23-37-33(25-45-31-7-3-1-4-8-31)35(41)36(42)34(26-46-32-9-5-2-6-10-32)38(47(37,43)44)24-30-17-13-28(14-18-30)20-22-40/h1-18,33-36,39-42H,19-26H2. The van der Waals surface area contributed by atoms with E-state index in [0.717, 1.165) is 11.1 Å². The fraction of sp³-hybridized carbons (Fsp3) is 0.333. The third-order valence-corrected chi connectivity index (χ3v) is 10.3. The van der Waals surface area contributed by atoms with Crippen LogP contribution in [0.1, 0.15) is 22.3 Å². The Morgan fingerprint density at radius 3 is 1.21 bits per heavy atom. The van der Waals surface area contributed by atoms with E-state index in [1.54, 1.807) is 72.8 Å². The van der Waals surface area contributed by atoms with Crippen molar-refractivity contribution >= 4 is 10.2 Å². The lowest BCUT2D eigenvalue weighted by molar-refractivity contribution is -0.0565. The molecule has 1 saturated heterocycles. The van der Waals surface area contributed by atoms with Gasteiger partial charge in [-0.1, -0.05) is 84.9 Å². The highest BCUT2D eigenvalue weighted by molar-refractivity contribution is 7.86. The summed E-state index contributed by atoms with van der Waals surface area (Å²) in [6.07, 6.45) is -2.14. The second-order valence-corrected chi connectivity index (χ2v) is 13.4. The highest BCUT2D eigenvalue weighted by Gasteiger charge is 2.51. The third-order valence-electron chi connectivity index (χ3n) is 8.32. The van der Waals surface area contributed by atoms with E-state index in [4.69, 9.17) is 9.47 Å². The molecular formula is C36H42N2O8S. The first kappa shape index (κ1) is 34.5. The summed E-state index contributed by atoms with van der Waals surface area (Å²) in [5.74, 6) is 0.987. The number of aliphatic hydroxyl groups is 4. The Labute approximate surface area is 276 Å². The molecule has 4 atom stereocenters. The average molecular weight is 663 g/mol. The zero-order valence-electron chi connectivity index (χ0n) is 26.1. The molecule has 0 amide bonds. The third kappa shape index (κ3) is 8.76. The molecule has 0 aromatic heterocycles. The molecule has 1 aliphatic rings. The minimum atomic E-state index is -4.40. The molecule has 4 aromatic rings. The van der Waals surface area contributed by atoms with Crippen LogP contribution in [0.5, 0.6) is 11.5 Å². The Morgan fingerprint density at radius 1 is 0.532 bits per heavy atom. The Bertz CT molecular complexity index is 1510. The first-order chi connectivity index (χ1) is 22.8. The molecule has 4 unspecified atom stereocenters. The second-order valence-electron chi connectivity index (χ2n) is 11.5. The normalized spacial score (nSPS) is 21.6. The summed E-state index contributed by atoms with van der Waals surface area (Å²) in [6, 6.07) is 30.0.